The highest BCUT2D eigenvalue weighted by Crippen LogP contribution is 2.30. The Labute approximate surface area is 131 Å². The molecular formula is C15H15F2N3O3. The van der Waals surface area contributed by atoms with Gasteiger partial charge in [0.2, 0.25) is 5.91 Å². The molecule has 2 fully saturated rings. The number of benzene rings is 1. The fraction of sp³-hybridized carbons (Fsp3) is 0.467. The summed E-state index contributed by atoms with van der Waals surface area (Å²) in [6.45, 7) is 0.753. The normalized spacial score (nSPS) is 25.6. The second-order valence-electron chi connectivity index (χ2n) is 6.06. The lowest BCUT2D eigenvalue weighted by Gasteiger charge is -2.32. The Hall–Kier alpha value is -2.22. The molecule has 2 saturated heterocycles. The minimum absolute atomic E-state index is 0.0572. The van der Waals surface area contributed by atoms with Crippen molar-refractivity contribution in [2.45, 2.75) is 25.1 Å². The van der Waals surface area contributed by atoms with Crippen LogP contribution in [0.15, 0.2) is 12.1 Å². The van der Waals surface area contributed by atoms with E-state index < -0.39 is 17.7 Å². The zero-order chi connectivity index (χ0) is 16.1. The Balaban J connectivity index is 1.50. The van der Waals surface area contributed by atoms with Gasteiger partial charge in [-0.2, -0.15) is 0 Å². The number of nitrogens with one attached hydrogen (secondary N) is 1. The average Bonchev–Trinajstić information content (AvgIpc) is 3.15. The molecule has 0 radical (unpaired) electrons. The van der Waals surface area contributed by atoms with Gasteiger partial charge in [-0.25, -0.2) is 13.6 Å². The van der Waals surface area contributed by atoms with Crippen LogP contribution in [0.5, 0.6) is 0 Å². The van der Waals surface area contributed by atoms with Gasteiger partial charge in [0.15, 0.2) is 11.6 Å². The van der Waals surface area contributed by atoms with E-state index >= 15 is 0 Å². The molecule has 0 aliphatic carbocycles. The summed E-state index contributed by atoms with van der Waals surface area (Å²) in [5.41, 5.74) is 0.301. The summed E-state index contributed by atoms with van der Waals surface area (Å²) in [5.74, 6) is -2.16. The van der Waals surface area contributed by atoms with E-state index in [-0.39, 0.29) is 42.4 Å². The minimum atomic E-state index is -0.992. The number of morpholine rings is 1. The quantitative estimate of drug-likeness (QED) is 0.893. The number of urea groups is 1. The first kappa shape index (κ1) is 14.4. The summed E-state index contributed by atoms with van der Waals surface area (Å²) in [6.07, 6.45) is 0.895. The van der Waals surface area contributed by atoms with Gasteiger partial charge >= 0.3 is 6.03 Å². The summed E-state index contributed by atoms with van der Waals surface area (Å²) in [5, 5.41) is 2.49. The fourth-order valence-electron chi connectivity index (χ4n) is 3.41. The number of hydrogen-bond acceptors (Lipinski definition) is 3. The lowest BCUT2D eigenvalue weighted by molar-refractivity contribution is -0.136. The Morgan fingerprint density at radius 3 is 2.91 bits per heavy atom. The molecule has 3 heterocycles. The number of anilines is 1. The van der Waals surface area contributed by atoms with Crippen molar-refractivity contribution < 1.29 is 23.1 Å². The first-order valence-corrected chi connectivity index (χ1v) is 7.47. The van der Waals surface area contributed by atoms with Crippen LogP contribution in [0.4, 0.5) is 19.3 Å². The van der Waals surface area contributed by atoms with Crippen molar-refractivity contribution in [1.82, 2.24) is 9.80 Å². The van der Waals surface area contributed by atoms with Crippen LogP contribution >= 0.6 is 0 Å². The molecule has 2 unspecified atom stereocenters. The van der Waals surface area contributed by atoms with Gasteiger partial charge in [-0.1, -0.05) is 0 Å². The predicted molar refractivity (Wildman–Crippen MR) is 75.6 cm³/mol. The maximum atomic E-state index is 13.9. The van der Waals surface area contributed by atoms with E-state index in [2.05, 4.69) is 5.32 Å². The molecule has 122 valence electrons. The number of likely N-dealkylation sites (tertiary alicyclic amines) is 1. The Morgan fingerprint density at radius 1 is 1.39 bits per heavy atom. The number of nitrogens with zero attached hydrogens (tertiary/aromatic N) is 2. The van der Waals surface area contributed by atoms with Crippen molar-refractivity contribution in [3.8, 4) is 0 Å². The Morgan fingerprint density at radius 2 is 2.22 bits per heavy atom. The van der Waals surface area contributed by atoms with Crippen molar-refractivity contribution >= 4 is 17.6 Å². The molecule has 0 spiro atoms. The summed E-state index contributed by atoms with van der Waals surface area (Å²) in [6, 6.07) is 1.86. The summed E-state index contributed by atoms with van der Waals surface area (Å²) in [7, 11) is 0. The van der Waals surface area contributed by atoms with Crippen molar-refractivity contribution in [1.29, 1.82) is 0 Å². The predicted octanol–water partition coefficient (Wildman–Crippen LogP) is 1.31. The van der Waals surface area contributed by atoms with Gasteiger partial charge in [0.1, 0.15) is 6.54 Å². The molecule has 3 amide bonds. The van der Waals surface area contributed by atoms with Crippen LogP contribution in [-0.4, -0.2) is 53.6 Å². The van der Waals surface area contributed by atoms with Gasteiger partial charge in [0, 0.05) is 12.1 Å². The number of halogens is 2. The molecule has 3 aliphatic heterocycles. The highest BCUT2D eigenvalue weighted by atomic mass is 19.2. The smallest absolute Gasteiger partial charge is 0.322 e. The van der Waals surface area contributed by atoms with E-state index in [0.29, 0.717) is 13.2 Å². The second kappa shape index (κ2) is 5.16. The van der Waals surface area contributed by atoms with Crippen molar-refractivity contribution in [2.24, 2.45) is 0 Å². The van der Waals surface area contributed by atoms with Crippen LogP contribution in [0, 0.1) is 11.6 Å². The van der Waals surface area contributed by atoms with E-state index in [1.165, 1.54) is 11.0 Å². The Bertz CT molecular complexity index is 697. The largest absolute Gasteiger partial charge is 0.374 e. The molecule has 3 aliphatic rings. The molecule has 8 heteroatoms. The molecule has 2 atom stereocenters. The van der Waals surface area contributed by atoms with Crippen molar-refractivity contribution in [2.75, 3.05) is 25.0 Å². The number of rotatable bonds is 2. The number of carbonyl (C=O) groups excluding carboxylic acids is 2. The minimum Gasteiger partial charge on any atom is -0.374 e. The summed E-state index contributed by atoms with van der Waals surface area (Å²) in [4.78, 5) is 27.4. The number of ether oxygens (including phenoxy) is 1. The third kappa shape index (κ3) is 2.33. The van der Waals surface area contributed by atoms with Crippen LogP contribution < -0.4 is 5.32 Å². The third-order valence-corrected chi connectivity index (χ3v) is 4.62. The van der Waals surface area contributed by atoms with Gasteiger partial charge in [-0.15, -0.1) is 0 Å². The number of fused-ring (bicyclic) bond motifs is 3. The molecule has 0 aromatic heterocycles. The number of carbonyl (C=O) groups is 2. The lowest BCUT2D eigenvalue weighted by Crippen LogP contribution is -2.49. The molecule has 0 saturated carbocycles. The second-order valence-corrected chi connectivity index (χ2v) is 6.06. The van der Waals surface area contributed by atoms with Crippen LogP contribution in [0.3, 0.4) is 0 Å². The van der Waals surface area contributed by atoms with E-state index in [1.807, 2.05) is 0 Å². The maximum absolute atomic E-state index is 13.9. The lowest BCUT2D eigenvalue weighted by atomic mass is 10.1. The zero-order valence-electron chi connectivity index (χ0n) is 12.2. The third-order valence-electron chi connectivity index (χ3n) is 4.62. The molecule has 6 nitrogen and oxygen atoms in total. The van der Waals surface area contributed by atoms with Gasteiger partial charge in [0.05, 0.1) is 31.0 Å². The molecule has 1 aromatic rings. The zero-order valence-corrected chi connectivity index (χ0v) is 12.2. The monoisotopic (exact) mass is 323 g/mol. The summed E-state index contributed by atoms with van der Waals surface area (Å²) < 4.78 is 32.7. The van der Waals surface area contributed by atoms with Gasteiger partial charge in [-0.05, 0) is 18.6 Å². The first-order chi connectivity index (χ1) is 11.0. The van der Waals surface area contributed by atoms with Crippen LogP contribution in [-0.2, 0) is 16.1 Å². The SMILES string of the molecule is O=C1Nc2ccc(F)c(F)c2CN1CC(=O)N1CC2CC1CO2. The highest BCUT2D eigenvalue weighted by molar-refractivity contribution is 5.95. The molecule has 4 rings (SSSR count). The van der Waals surface area contributed by atoms with E-state index in [1.54, 1.807) is 4.90 Å². The standard InChI is InChI=1S/C15H15F2N3O3/c16-11-1-2-12-10(14(11)17)5-19(15(22)18-12)6-13(21)20-4-9-3-8(20)7-23-9/h1-2,8-9H,3-7H2,(H,18,22). The van der Waals surface area contributed by atoms with Gasteiger partial charge in [-0.3, -0.25) is 4.79 Å². The molecular weight excluding hydrogens is 308 g/mol. The highest BCUT2D eigenvalue weighted by Gasteiger charge is 2.42. The van der Waals surface area contributed by atoms with Gasteiger partial charge in [0.25, 0.3) is 0 Å². The number of hydrogen-bond donors (Lipinski definition) is 1. The first-order valence-electron chi connectivity index (χ1n) is 7.47. The van der Waals surface area contributed by atoms with E-state index in [0.717, 1.165) is 12.5 Å². The van der Waals surface area contributed by atoms with E-state index in [4.69, 9.17) is 4.74 Å². The number of amides is 3. The van der Waals surface area contributed by atoms with Crippen LogP contribution in [0.1, 0.15) is 12.0 Å². The molecule has 1 N–H and O–H groups in total. The molecule has 23 heavy (non-hydrogen) atoms. The van der Waals surface area contributed by atoms with Crippen molar-refractivity contribution in [3.63, 3.8) is 0 Å². The average molecular weight is 323 g/mol. The van der Waals surface area contributed by atoms with Crippen molar-refractivity contribution in [3.05, 3.63) is 29.3 Å². The summed E-state index contributed by atoms with van der Waals surface area (Å²) >= 11 is 0. The maximum Gasteiger partial charge on any atom is 0.322 e. The fourth-order valence-corrected chi connectivity index (χ4v) is 3.41. The van der Waals surface area contributed by atoms with Crippen LogP contribution in [0.25, 0.3) is 0 Å². The van der Waals surface area contributed by atoms with Gasteiger partial charge < -0.3 is 19.9 Å². The van der Waals surface area contributed by atoms with E-state index in [9.17, 15) is 18.4 Å². The molecule has 2 bridgehead atoms. The van der Waals surface area contributed by atoms with Crippen LogP contribution in [0.2, 0.25) is 0 Å². The Kier molecular flexibility index (Phi) is 3.22. The molecule has 1 aromatic carbocycles. The topological polar surface area (TPSA) is 61.9 Å².